The van der Waals surface area contributed by atoms with Gasteiger partial charge in [-0.2, -0.15) is 0 Å². The predicted octanol–water partition coefficient (Wildman–Crippen LogP) is 1.16. The smallest absolute Gasteiger partial charge is 0.333 e. The van der Waals surface area contributed by atoms with Gasteiger partial charge in [0.1, 0.15) is 12.7 Å². The number of rotatable bonds is 7. The van der Waals surface area contributed by atoms with Crippen molar-refractivity contribution in [1.82, 2.24) is 0 Å². The third-order valence-electron chi connectivity index (χ3n) is 2.23. The lowest BCUT2D eigenvalue weighted by Gasteiger charge is -1.99. The lowest BCUT2D eigenvalue weighted by molar-refractivity contribution is -0.139. The van der Waals surface area contributed by atoms with Crippen molar-refractivity contribution in [3.63, 3.8) is 0 Å². The van der Waals surface area contributed by atoms with E-state index in [0.717, 1.165) is 0 Å². The van der Waals surface area contributed by atoms with Gasteiger partial charge in [-0.1, -0.05) is 19.7 Å². The van der Waals surface area contributed by atoms with E-state index in [0.29, 0.717) is 18.8 Å². The molecule has 1 atom stereocenters. The van der Waals surface area contributed by atoms with E-state index in [9.17, 15) is 14.4 Å². The van der Waals surface area contributed by atoms with E-state index in [2.05, 4.69) is 19.7 Å². The van der Waals surface area contributed by atoms with Gasteiger partial charge in [-0.05, 0) is 13.8 Å². The average molecular weight is 344 g/mol. The van der Waals surface area contributed by atoms with Crippen LogP contribution in [0.2, 0.25) is 0 Å². The number of epoxide rings is 1. The third-order valence-corrected chi connectivity index (χ3v) is 2.23. The lowest BCUT2D eigenvalue weighted by Crippen LogP contribution is -2.09. The second-order valence-corrected chi connectivity index (χ2v) is 4.80. The zero-order chi connectivity index (χ0) is 19.3. The molecule has 0 aromatic heterocycles. The Balaban J connectivity index is 0. The number of hydrogen-bond donors (Lipinski definition) is 3. The van der Waals surface area contributed by atoms with Gasteiger partial charge in [0.15, 0.2) is 0 Å². The topological polar surface area (TPSA) is 134 Å². The molecule has 1 aliphatic heterocycles. The summed E-state index contributed by atoms with van der Waals surface area (Å²) in [5, 5.41) is 24.2. The molecule has 24 heavy (non-hydrogen) atoms. The average Bonchev–Trinajstić information content (AvgIpc) is 3.30. The van der Waals surface area contributed by atoms with E-state index in [4.69, 9.17) is 24.8 Å². The van der Waals surface area contributed by atoms with E-state index >= 15 is 0 Å². The molecule has 0 radical (unpaired) electrons. The standard InChI is InChI=1S/C7H10O3.C5H8O3.C4H6O2/c1-5(2)7(8)10-4-6-3-9-6;1-4(2-3-6)5(7)8;1-3(2)4(5)6/h6H,1,3-4H2,2H3;6H,1-3H2,(H,7,8);1H2,2H3,(H,5,6). The Labute approximate surface area is 140 Å². The van der Waals surface area contributed by atoms with Crippen molar-refractivity contribution in [3.05, 3.63) is 36.5 Å². The fraction of sp³-hybridized carbons (Fsp3) is 0.438. The number of aliphatic hydroxyl groups excluding tert-OH is 1. The summed E-state index contributed by atoms with van der Waals surface area (Å²) in [6, 6.07) is 0. The molecule has 3 N–H and O–H groups in total. The van der Waals surface area contributed by atoms with Crippen LogP contribution in [0.1, 0.15) is 20.3 Å². The van der Waals surface area contributed by atoms with E-state index in [1.807, 2.05) is 0 Å². The fourth-order valence-electron chi connectivity index (χ4n) is 0.698. The Bertz CT molecular complexity index is 476. The van der Waals surface area contributed by atoms with Crippen LogP contribution >= 0.6 is 0 Å². The first kappa shape index (κ1) is 23.8. The summed E-state index contributed by atoms with van der Waals surface area (Å²) in [5.74, 6) is -2.32. The number of carbonyl (C=O) groups is 3. The quantitative estimate of drug-likeness (QED) is 0.356. The van der Waals surface area contributed by atoms with Crippen LogP contribution in [0, 0.1) is 0 Å². The van der Waals surface area contributed by atoms with E-state index < -0.39 is 11.9 Å². The second kappa shape index (κ2) is 13.0. The van der Waals surface area contributed by atoms with Crippen LogP contribution in [-0.2, 0) is 23.9 Å². The van der Waals surface area contributed by atoms with Crippen LogP contribution in [0.15, 0.2) is 36.5 Å². The minimum absolute atomic E-state index is 0.0486. The van der Waals surface area contributed by atoms with E-state index in [1.54, 1.807) is 6.92 Å². The molecule has 8 heteroatoms. The van der Waals surface area contributed by atoms with Crippen LogP contribution in [0.5, 0.6) is 0 Å². The summed E-state index contributed by atoms with van der Waals surface area (Å²) in [5.41, 5.74) is 0.656. The molecule has 1 rings (SSSR count). The molecule has 0 aliphatic carbocycles. The highest BCUT2D eigenvalue weighted by Gasteiger charge is 2.24. The summed E-state index contributed by atoms with van der Waals surface area (Å²) in [6.07, 6.45) is 0.290. The van der Waals surface area contributed by atoms with Gasteiger partial charge in [0.2, 0.25) is 0 Å². The minimum Gasteiger partial charge on any atom is -0.478 e. The molecule has 0 saturated carbocycles. The molecular weight excluding hydrogens is 320 g/mol. The van der Waals surface area contributed by atoms with Gasteiger partial charge in [-0.3, -0.25) is 0 Å². The van der Waals surface area contributed by atoms with Crippen molar-refractivity contribution < 1.29 is 39.2 Å². The van der Waals surface area contributed by atoms with Crippen molar-refractivity contribution in [2.24, 2.45) is 0 Å². The molecule has 1 fully saturated rings. The van der Waals surface area contributed by atoms with Gasteiger partial charge in [0.25, 0.3) is 0 Å². The van der Waals surface area contributed by atoms with Gasteiger partial charge < -0.3 is 24.8 Å². The highest BCUT2D eigenvalue weighted by Crippen LogP contribution is 2.09. The number of aliphatic carboxylic acids is 2. The molecule has 0 amide bonds. The van der Waals surface area contributed by atoms with Crippen molar-refractivity contribution in [2.45, 2.75) is 26.4 Å². The van der Waals surface area contributed by atoms with Crippen molar-refractivity contribution >= 4 is 17.9 Å². The maximum atomic E-state index is 10.7. The highest BCUT2D eigenvalue weighted by atomic mass is 16.6. The number of carbonyl (C=O) groups excluding carboxylic acids is 1. The maximum Gasteiger partial charge on any atom is 0.333 e. The van der Waals surface area contributed by atoms with Crippen molar-refractivity contribution in [1.29, 1.82) is 0 Å². The van der Waals surface area contributed by atoms with E-state index in [-0.39, 0.29) is 36.2 Å². The van der Waals surface area contributed by atoms with E-state index in [1.165, 1.54) is 6.92 Å². The first-order valence-electron chi connectivity index (χ1n) is 6.87. The number of carboxylic acids is 2. The first-order valence-corrected chi connectivity index (χ1v) is 6.87. The minimum atomic E-state index is -1.04. The predicted molar refractivity (Wildman–Crippen MR) is 86.4 cm³/mol. The molecule has 1 saturated heterocycles. The summed E-state index contributed by atoms with van der Waals surface area (Å²) < 4.78 is 9.60. The Hall–Kier alpha value is -2.45. The van der Waals surface area contributed by atoms with Crippen molar-refractivity contribution in [2.75, 3.05) is 19.8 Å². The zero-order valence-corrected chi connectivity index (χ0v) is 13.9. The Morgan fingerprint density at radius 3 is 1.75 bits per heavy atom. The second-order valence-electron chi connectivity index (χ2n) is 4.80. The van der Waals surface area contributed by atoms with Gasteiger partial charge in [-0.25, -0.2) is 14.4 Å². The van der Waals surface area contributed by atoms with Gasteiger partial charge in [0, 0.05) is 29.7 Å². The lowest BCUT2D eigenvalue weighted by atomic mass is 10.2. The SMILES string of the molecule is C=C(C)C(=O)O.C=C(C)C(=O)OCC1CO1.C=C(CCO)C(=O)O. The number of aliphatic hydroxyl groups is 1. The summed E-state index contributed by atoms with van der Waals surface area (Å²) >= 11 is 0. The Morgan fingerprint density at radius 1 is 1.08 bits per heavy atom. The molecule has 136 valence electrons. The van der Waals surface area contributed by atoms with Crippen LogP contribution < -0.4 is 0 Å². The monoisotopic (exact) mass is 344 g/mol. The number of hydrogen-bond acceptors (Lipinski definition) is 6. The molecule has 1 aliphatic rings. The molecule has 0 bridgehead atoms. The fourth-order valence-corrected chi connectivity index (χ4v) is 0.698. The number of carboxylic acid groups (broad SMARTS) is 2. The molecule has 0 aromatic rings. The molecular formula is C16H24O8. The van der Waals surface area contributed by atoms with Crippen LogP contribution in [0.4, 0.5) is 0 Å². The zero-order valence-electron chi connectivity index (χ0n) is 13.9. The molecule has 8 nitrogen and oxygen atoms in total. The normalized spacial score (nSPS) is 13.9. The van der Waals surface area contributed by atoms with Crippen LogP contribution in [0.3, 0.4) is 0 Å². The molecule has 1 unspecified atom stereocenters. The third kappa shape index (κ3) is 15.9. The Kier molecular flexibility index (Phi) is 12.9. The number of esters is 1. The van der Waals surface area contributed by atoms with Gasteiger partial charge in [0.05, 0.1) is 6.61 Å². The van der Waals surface area contributed by atoms with Gasteiger partial charge >= 0.3 is 17.9 Å². The molecule has 0 aromatic carbocycles. The largest absolute Gasteiger partial charge is 0.478 e. The van der Waals surface area contributed by atoms with Crippen molar-refractivity contribution in [3.8, 4) is 0 Å². The summed E-state index contributed by atoms with van der Waals surface area (Å²) in [6.45, 7) is 13.8. The van der Waals surface area contributed by atoms with Crippen LogP contribution in [0.25, 0.3) is 0 Å². The highest BCUT2D eigenvalue weighted by molar-refractivity contribution is 5.87. The van der Waals surface area contributed by atoms with Gasteiger partial charge in [-0.15, -0.1) is 0 Å². The van der Waals surface area contributed by atoms with Crippen LogP contribution in [-0.4, -0.2) is 59.2 Å². The summed E-state index contributed by atoms with van der Waals surface area (Å²) in [7, 11) is 0. The summed E-state index contributed by atoms with van der Waals surface area (Å²) in [4.78, 5) is 30.2. The maximum absolute atomic E-state index is 10.7. The molecule has 1 heterocycles. The number of ether oxygens (including phenoxy) is 2. The molecule has 0 spiro atoms. The Morgan fingerprint density at radius 2 is 1.54 bits per heavy atom. The first-order chi connectivity index (χ1) is 11.0.